The summed E-state index contributed by atoms with van der Waals surface area (Å²) in [5.41, 5.74) is 0. The van der Waals surface area contributed by atoms with E-state index in [1.165, 1.54) is 44.9 Å². The fourth-order valence-electron chi connectivity index (χ4n) is 3.09. The summed E-state index contributed by atoms with van der Waals surface area (Å²) in [4.78, 5) is 14.6. The van der Waals surface area contributed by atoms with Gasteiger partial charge in [0, 0.05) is 25.6 Å². The second kappa shape index (κ2) is 12.0. The van der Waals surface area contributed by atoms with Crippen molar-refractivity contribution >= 4 is 5.91 Å². The normalized spacial score (nSPS) is 18.7. The molecule has 1 heterocycles. The molecule has 1 saturated heterocycles. The molecule has 1 aliphatic rings. The fourth-order valence-corrected chi connectivity index (χ4v) is 3.09. The first-order valence-electron chi connectivity index (χ1n) is 9.29. The van der Waals surface area contributed by atoms with E-state index in [-0.39, 0.29) is 0 Å². The van der Waals surface area contributed by atoms with Crippen molar-refractivity contribution in [3.05, 3.63) is 0 Å². The molecule has 0 saturated carbocycles. The van der Waals surface area contributed by atoms with E-state index in [2.05, 4.69) is 24.1 Å². The summed E-state index contributed by atoms with van der Waals surface area (Å²) < 4.78 is 0. The number of carbonyl (C=O) groups excluding carboxylic acids is 1. The number of nitrogens with zero attached hydrogens (tertiary/aromatic N) is 1. The molecule has 0 spiro atoms. The van der Waals surface area contributed by atoms with Gasteiger partial charge in [0.2, 0.25) is 5.91 Å². The number of hydrogen-bond donors (Lipinski definition) is 1. The van der Waals surface area contributed by atoms with Crippen LogP contribution in [-0.4, -0.2) is 36.5 Å². The molecule has 0 aromatic carbocycles. The van der Waals surface area contributed by atoms with E-state index in [1.807, 2.05) is 0 Å². The molecule has 1 fully saturated rings. The van der Waals surface area contributed by atoms with Crippen molar-refractivity contribution in [3.63, 3.8) is 0 Å². The molecule has 1 rings (SSSR count). The van der Waals surface area contributed by atoms with Gasteiger partial charge in [-0.3, -0.25) is 4.79 Å². The maximum absolute atomic E-state index is 12.5. The van der Waals surface area contributed by atoms with Crippen LogP contribution in [0.25, 0.3) is 0 Å². The Morgan fingerprint density at radius 3 is 2.24 bits per heavy atom. The van der Waals surface area contributed by atoms with Gasteiger partial charge in [0.05, 0.1) is 0 Å². The quantitative estimate of drug-likeness (QED) is 0.582. The van der Waals surface area contributed by atoms with E-state index in [9.17, 15) is 4.79 Å². The summed E-state index contributed by atoms with van der Waals surface area (Å²) in [5.74, 6) is 0.384. The lowest BCUT2D eigenvalue weighted by Gasteiger charge is -2.26. The van der Waals surface area contributed by atoms with Crippen LogP contribution >= 0.6 is 0 Å². The summed E-state index contributed by atoms with van der Waals surface area (Å²) in [5, 5.41) is 3.55. The molecule has 1 aliphatic heterocycles. The Labute approximate surface area is 131 Å². The Balaban J connectivity index is 2.29. The Morgan fingerprint density at radius 2 is 1.71 bits per heavy atom. The molecule has 3 nitrogen and oxygen atoms in total. The third kappa shape index (κ3) is 8.45. The second-order valence-electron chi connectivity index (χ2n) is 6.48. The molecular weight excluding hydrogens is 260 g/mol. The zero-order chi connectivity index (χ0) is 15.3. The molecule has 0 aromatic heterocycles. The first kappa shape index (κ1) is 18.5. The first-order valence-corrected chi connectivity index (χ1v) is 9.29. The van der Waals surface area contributed by atoms with E-state index in [4.69, 9.17) is 0 Å². The Kier molecular flexibility index (Phi) is 10.6. The molecule has 1 amide bonds. The van der Waals surface area contributed by atoms with Crippen LogP contribution in [0.3, 0.4) is 0 Å². The monoisotopic (exact) mass is 296 g/mol. The number of rotatable bonds is 11. The van der Waals surface area contributed by atoms with Crippen molar-refractivity contribution in [1.29, 1.82) is 0 Å². The van der Waals surface area contributed by atoms with Crippen LogP contribution in [0.2, 0.25) is 0 Å². The second-order valence-corrected chi connectivity index (χ2v) is 6.48. The molecule has 3 heteroatoms. The van der Waals surface area contributed by atoms with Gasteiger partial charge in [-0.05, 0) is 38.6 Å². The van der Waals surface area contributed by atoms with Gasteiger partial charge in [0.1, 0.15) is 0 Å². The van der Waals surface area contributed by atoms with Crippen LogP contribution in [0.15, 0.2) is 0 Å². The van der Waals surface area contributed by atoms with Crippen LogP contribution < -0.4 is 5.32 Å². The zero-order valence-electron chi connectivity index (χ0n) is 14.3. The highest BCUT2D eigenvalue weighted by molar-refractivity contribution is 5.76. The van der Waals surface area contributed by atoms with Crippen molar-refractivity contribution in [2.75, 3.05) is 19.6 Å². The minimum atomic E-state index is 0.384. The number of carbonyl (C=O) groups is 1. The Bertz CT molecular complexity index is 252. The summed E-state index contributed by atoms with van der Waals surface area (Å²) >= 11 is 0. The standard InChI is InChI=1S/C18H36N2O/c1-3-5-9-15-20(16-10-6-4-2)18(21)13-12-17-11-7-8-14-19-17/h17,19H,3-16H2,1-2H3. The van der Waals surface area contributed by atoms with Gasteiger partial charge in [-0.2, -0.15) is 0 Å². The number of unbranched alkanes of at least 4 members (excludes halogenated alkanes) is 4. The number of hydrogen-bond acceptors (Lipinski definition) is 2. The zero-order valence-corrected chi connectivity index (χ0v) is 14.3. The van der Waals surface area contributed by atoms with Gasteiger partial charge in [0.25, 0.3) is 0 Å². The number of nitrogens with one attached hydrogen (secondary N) is 1. The lowest BCUT2D eigenvalue weighted by atomic mass is 10.00. The largest absolute Gasteiger partial charge is 0.343 e. The van der Waals surface area contributed by atoms with Crippen molar-refractivity contribution < 1.29 is 4.79 Å². The molecule has 1 N–H and O–H groups in total. The van der Waals surface area contributed by atoms with Crippen LogP contribution in [0, 0.1) is 0 Å². The predicted octanol–water partition coefficient (Wildman–Crippen LogP) is 4.12. The molecule has 0 radical (unpaired) electrons. The minimum Gasteiger partial charge on any atom is -0.343 e. The highest BCUT2D eigenvalue weighted by Gasteiger charge is 2.17. The van der Waals surface area contributed by atoms with E-state index < -0.39 is 0 Å². The minimum absolute atomic E-state index is 0.384. The third-order valence-corrected chi connectivity index (χ3v) is 4.53. The smallest absolute Gasteiger partial charge is 0.222 e. The maximum atomic E-state index is 12.5. The van der Waals surface area contributed by atoms with Gasteiger partial charge in [0.15, 0.2) is 0 Å². The summed E-state index contributed by atoms with van der Waals surface area (Å²) in [6, 6.07) is 0.579. The highest BCUT2D eigenvalue weighted by atomic mass is 16.2. The fraction of sp³-hybridized carbons (Fsp3) is 0.944. The Hall–Kier alpha value is -0.570. The van der Waals surface area contributed by atoms with Crippen molar-refractivity contribution in [1.82, 2.24) is 10.2 Å². The summed E-state index contributed by atoms with van der Waals surface area (Å²) in [6.45, 7) is 7.51. The summed E-state index contributed by atoms with van der Waals surface area (Å²) in [7, 11) is 0. The molecule has 0 aliphatic carbocycles. The SMILES string of the molecule is CCCCCN(CCCCC)C(=O)CCC1CCCCN1. The van der Waals surface area contributed by atoms with E-state index in [0.717, 1.165) is 45.3 Å². The van der Waals surface area contributed by atoms with E-state index in [0.29, 0.717) is 11.9 Å². The average Bonchev–Trinajstić information content (AvgIpc) is 2.52. The predicted molar refractivity (Wildman–Crippen MR) is 90.5 cm³/mol. The lowest BCUT2D eigenvalue weighted by Crippen LogP contribution is -2.37. The van der Waals surface area contributed by atoms with E-state index >= 15 is 0 Å². The Morgan fingerprint density at radius 1 is 1.05 bits per heavy atom. The third-order valence-electron chi connectivity index (χ3n) is 4.53. The van der Waals surface area contributed by atoms with Crippen LogP contribution in [0.1, 0.15) is 84.5 Å². The topological polar surface area (TPSA) is 32.3 Å². The highest BCUT2D eigenvalue weighted by Crippen LogP contribution is 2.13. The maximum Gasteiger partial charge on any atom is 0.222 e. The first-order chi connectivity index (χ1) is 10.3. The lowest BCUT2D eigenvalue weighted by molar-refractivity contribution is -0.131. The van der Waals surface area contributed by atoms with Crippen molar-refractivity contribution in [3.8, 4) is 0 Å². The van der Waals surface area contributed by atoms with Crippen molar-refractivity contribution in [2.24, 2.45) is 0 Å². The molecule has 0 aromatic rings. The van der Waals surface area contributed by atoms with Gasteiger partial charge in [-0.15, -0.1) is 0 Å². The molecule has 1 unspecified atom stereocenters. The number of amides is 1. The van der Waals surface area contributed by atoms with Crippen LogP contribution in [0.4, 0.5) is 0 Å². The number of piperidine rings is 1. The van der Waals surface area contributed by atoms with Crippen molar-refractivity contribution in [2.45, 2.75) is 90.5 Å². The van der Waals surface area contributed by atoms with Gasteiger partial charge in [-0.1, -0.05) is 46.0 Å². The molecule has 0 bridgehead atoms. The van der Waals surface area contributed by atoms with Gasteiger partial charge < -0.3 is 10.2 Å². The summed E-state index contributed by atoms with van der Waals surface area (Å²) in [6.07, 6.45) is 12.9. The molecule has 1 atom stereocenters. The molecule has 124 valence electrons. The van der Waals surface area contributed by atoms with Crippen LogP contribution in [-0.2, 0) is 4.79 Å². The molecular formula is C18H36N2O. The average molecular weight is 296 g/mol. The van der Waals surface area contributed by atoms with E-state index in [1.54, 1.807) is 0 Å². The molecule has 21 heavy (non-hydrogen) atoms. The van der Waals surface area contributed by atoms with Gasteiger partial charge >= 0.3 is 0 Å². The van der Waals surface area contributed by atoms with Crippen LogP contribution in [0.5, 0.6) is 0 Å². The van der Waals surface area contributed by atoms with Gasteiger partial charge in [-0.25, -0.2) is 0 Å².